The Morgan fingerprint density at radius 3 is 2.84 bits per heavy atom. The first-order valence-corrected chi connectivity index (χ1v) is 9.20. The Kier molecular flexibility index (Phi) is 4.51. The fraction of sp³-hybridized carbons (Fsp3) is 0.526. The fourth-order valence-electron chi connectivity index (χ4n) is 3.99. The van der Waals surface area contributed by atoms with Gasteiger partial charge in [0, 0.05) is 32.0 Å². The number of hydrogen-bond donors (Lipinski definition) is 0. The zero-order valence-electron chi connectivity index (χ0n) is 14.3. The molecule has 132 valence electrons. The third-order valence-corrected chi connectivity index (χ3v) is 5.32. The van der Waals surface area contributed by atoms with Crippen LogP contribution >= 0.6 is 0 Å². The summed E-state index contributed by atoms with van der Waals surface area (Å²) in [7, 11) is 0. The van der Waals surface area contributed by atoms with Crippen LogP contribution < -0.4 is 0 Å². The van der Waals surface area contributed by atoms with E-state index in [1.165, 1.54) is 18.9 Å². The monoisotopic (exact) mass is 342 g/mol. The van der Waals surface area contributed by atoms with E-state index in [-0.39, 0.29) is 17.4 Å². The number of benzene rings is 1. The van der Waals surface area contributed by atoms with Crippen molar-refractivity contribution in [1.29, 1.82) is 0 Å². The summed E-state index contributed by atoms with van der Waals surface area (Å²) in [4.78, 5) is 14.5. The molecule has 1 aromatic carbocycles. The van der Waals surface area contributed by atoms with Gasteiger partial charge >= 0.3 is 0 Å². The maximum atomic E-state index is 14.0. The van der Waals surface area contributed by atoms with E-state index in [0.717, 1.165) is 43.9 Å². The van der Waals surface area contributed by atoms with Gasteiger partial charge in [0.05, 0.1) is 5.56 Å². The van der Waals surface area contributed by atoms with Crippen molar-refractivity contribution in [2.75, 3.05) is 13.1 Å². The number of nitrogens with zero attached hydrogens (tertiary/aromatic N) is 4. The second-order valence-corrected chi connectivity index (χ2v) is 7.01. The first-order valence-electron chi connectivity index (χ1n) is 9.20. The maximum Gasteiger partial charge on any atom is 0.256 e. The van der Waals surface area contributed by atoms with E-state index in [1.807, 2.05) is 0 Å². The fourth-order valence-corrected chi connectivity index (χ4v) is 3.99. The molecule has 2 aliphatic rings. The van der Waals surface area contributed by atoms with Crippen molar-refractivity contribution in [3.63, 3.8) is 0 Å². The van der Waals surface area contributed by atoms with Gasteiger partial charge in [0.2, 0.25) is 0 Å². The average Bonchev–Trinajstić information content (AvgIpc) is 2.90. The molecule has 1 saturated heterocycles. The second-order valence-electron chi connectivity index (χ2n) is 7.01. The Hall–Kier alpha value is -2.24. The van der Waals surface area contributed by atoms with Crippen molar-refractivity contribution in [3.8, 4) is 0 Å². The van der Waals surface area contributed by atoms with Crippen LogP contribution in [0.2, 0.25) is 0 Å². The summed E-state index contributed by atoms with van der Waals surface area (Å²) in [6, 6.07) is 6.21. The molecule has 1 unspecified atom stereocenters. The molecule has 1 fully saturated rings. The van der Waals surface area contributed by atoms with Crippen molar-refractivity contribution < 1.29 is 9.18 Å². The smallest absolute Gasteiger partial charge is 0.256 e. The van der Waals surface area contributed by atoms with E-state index in [9.17, 15) is 9.18 Å². The van der Waals surface area contributed by atoms with Gasteiger partial charge in [-0.15, -0.1) is 10.2 Å². The first kappa shape index (κ1) is 16.2. The largest absolute Gasteiger partial charge is 0.338 e. The molecule has 0 spiro atoms. The molecule has 0 aliphatic carbocycles. The number of carbonyl (C=O) groups is 1. The molecule has 4 rings (SSSR count). The first-order chi connectivity index (χ1) is 12.2. The van der Waals surface area contributed by atoms with Gasteiger partial charge in [0.25, 0.3) is 5.91 Å². The summed E-state index contributed by atoms with van der Waals surface area (Å²) in [5.41, 5.74) is 0.156. The SMILES string of the molecule is O=C(c1ccccc1F)N1CCCC(c2nnc3n2CCCCC3)C1. The zero-order valence-corrected chi connectivity index (χ0v) is 14.3. The minimum absolute atomic E-state index is 0.156. The number of fused-ring (bicyclic) bond motifs is 1. The summed E-state index contributed by atoms with van der Waals surface area (Å²) in [5, 5.41) is 8.83. The number of rotatable bonds is 2. The minimum Gasteiger partial charge on any atom is -0.338 e. The topological polar surface area (TPSA) is 51.0 Å². The summed E-state index contributed by atoms with van der Waals surface area (Å²) in [6.45, 7) is 2.23. The van der Waals surface area contributed by atoms with Crippen LogP contribution in [0.25, 0.3) is 0 Å². The molecule has 0 bridgehead atoms. The van der Waals surface area contributed by atoms with Crippen molar-refractivity contribution >= 4 is 5.91 Å². The van der Waals surface area contributed by atoms with Gasteiger partial charge in [-0.05, 0) is 37.8 Å². The van der Waals surface area contributed by atoms with Crippen LogP contribution in [0, 0.1) is 5.82 Å². The lowest BCUT2D eigenvalue weighted by Crippen LogP contribution is -2.40. The number of hydrogen-bond acceptors (Lipinski definition) is 3. The van der Waals surface area contributed by atoms with Gasteiger partial charge in [0.15, 0.2) is 0 Å². The highest BCUT2D eigenvalue weighted by Gasteiger charge is 2.30. The van der Waals surface area contributed by atoms with E-state index in [2.05, 4.69) is 14.8 Å². The van der Waals surface area contributed by atoms with Crippen LogP contribution in [0.5, 0.6) is 0 Å². The Balaban J connectivity index is 1.55. The highest BCUT2D eigenvalue weighted by Crippen LogP contribution is 2.29. The molecule has 6 heteroatoms. The van der Waals surface area contributed by atoms with Gasteiger partial charge in [-0.3, -0.25) is 4.79 Å². The van der Waals surface area contributed by atoms with E-state index >= 15 is 0 Å². The van der Waals surface area contributed by atoms with Crippen molar-refractivity contribution in [3.05, 3.63) is 47.3 Å². The van der Waals surface area contributed by atoms with Crippen molar-refractivity contribution in [2.45, 2.75) is 51.0 Å². The highest BCUT2D eigenvalue weighted by atomic mass is 19.1. The van der Waals surface area contributed by atoms with Gasteiger partial charge in [0.1, 0.15) is 17.5 Å². The van der Waals surface area contributed by atoms with Crippen LogP contribution in [0.3, 0.4) is 0 Å². The third kappa shape index (κ3) is 3.17. The molecule has 2 aromatic rings. The van der Waals surface area contributed by atoms with E-state index in [1.54, 1.807) is 23.1 Å². The molecule has 1 aromatic heterocycles. The molecular formula is C19H23FN4O. The quantitative estimate of drug-likeness (QED) is 0.842. The molecule has 5 nitrogen and oxygen atoms in total. The molecule has 0 N–H and O–H groups in total. The average molecular weight is 342 g/mol. The number of aryl methyl sites for hydroxylation is 1. The minimum atomic E-state index is -0.453. The Morgan fingerprint density at radius 1 is 1.08 bits per heavy atom. The number of halogens is 1. The molecule has 1 amide bonds. The van der Waals surface area contributed by atoms with Gasteiger partial charge in [-0.1, -0.05) is 18.6 Å². The summed E-state index contributed by atoms with van der Waals surface area (Å²) < 4.78 is 16.2. The number of aromatic nitrogens is 3. The maximum absolute atomic E-state index is 14.0. The van der Waals surface area contributed by atoms with Crippen LogP contribution in [0.4, 0.5) is 4.39 Å². The van der Waals surface area contributed by atoms with Crippen molar-refractivity contribution in [2.24, 2.45) is 0 Å². The highest BCUT2D eigenvalue weighted by molar-refractivity contribution is 5.94. The predicted molar refractivity (Wildman–Crippen MR) is 91.9 cm³/mol. The predicted octanol–water partition coefficient (Wildman–Crippen LogP) is 3.16. The normalized spacial score (nSPS) is 20.8. The molecule has 2 aliphatic heterocycles. The van der Waals surface area contributed by atoms with Crippen LogP contribution in [0.1, 0.15) is 60.0 Å². The van der Waals surface area contributed by atoms with Gasteiger partial charge in [-0.25, -0.2) is 4.39 Å². The Labute approximate surface area is 146 Å². The molecule has 0 radical (unpaired) electrons. The van der Waals surface area contributed by atoms with E-state index < -0.39 is 5.82 Å². The van der Waals surface area contributed by atoms with Crippen LogP contribution in [0.15, 0.2) is 24.3 Å². The summed E-state index contributed by atoms with van der Waals surface area (Å²) >= 11 is 0. The molecule has 25 heavy (non-hydrogen) atoms. The lowest BCUT2D eigenvalue weighted by atomic mass is 9.96. The Morgan fingerprint density at radius 2 is 1.96 bits per heavy atom. The van der Waals surface area contributed by atoms with Gasteiger partial charge in [-0.2, -0.15) is 0 Å². The third-order valence-electron chi connectivity index (χ3n) is 5.32. The standard InChI is InChI=1S/C19H23FN4O/c20-16-9-4-3-8-15(16)19(25)23-11-6-7-14(13-23)18-22-21-17-10-2-1-5-12-24(17)18/h3-4,8-9,14H,1-2,5-7,10-13H2. The Bertz CT molecular complexity index is 773. The molecule has 0 saturated carbocycles. The van der Waals surface area contributed by atoms with Gasteiger partial charge < -0.3 is 9.47 Å². The van der Waals surface area contributed by atoms with E-state index in [4.69, 9.17) is 0 Å². The number of amides is 1. The van der Waals surface area contributed by atoms with Crippen molar-refractivity contribution in [1.82, 2.24) is 19.7 Å². The zero-order chi connectivity index (χ0) is 17.2. The molecule has 3 heterocycles. The number of piperidine rings is 1. The second kappa shape index (κ2) is 6.94. The molecular weight excluding hydrogens is 319 g/mol. The summed E-state index contributed by atoms with van der Waals surface area (Å²) in [5.74, 6) is 1.58. The number of carbonyl (C=O) groups excluding carboxylic acids is 1. The summed E-state index contributed by atoms with van der Waals surface area (Å²) in [6.07, 6.45) is 6.44. The van der Waals surface area contributed by atoms with Crippen LogP contribution in [-0.2, 0) is 13.0 Å². The number of likely N-dealkylation sites (tertiary alicyclic amines) is 1. The lowest BCUT2D eigenvalue weighted by molar-refractivity contribution is 0.0698. The van der Waals surface area contributed by atoms with Crippen LogP contribution in [-0.4, -0.2) is 38.7 Å². The molecule has 1 atom stereocenters. The van der Waals surface area contributed by atoms with E-state index in [0.29, 0.717) is 13.1 Å². The lowest BCUT2D eigenvalue weighted by Gasteiger charge is -2.32.